The van der Waals surface area contributed by atoms with Gasteiger partial charge in [-0.25, -0.2) is 0 Å². The molecule has 0 fully saturated rings. The summed E-state index contributed by atoms with van der Waals surface area (Å²) in [5, 5.41) is 3.94. The molecule has 0 saturated carbocycles. The van der Waals surface area contributed by atoms with E-state index < -0.39 is 0 Å². The van der Waals surface area contributed by atoms with Crippen LogP contribution in [-0.2, 0) is 32.7 Å². The zero-order valence-electron chi connectivity index (χ0n) is 7.05. The summed E-state index contributed by atoms with van der Waals surface area (Å²) >= 11 is 0. The standard InChI is InChI=1S/C8H10N2.Y/c1-4-9-10-6-5-7(2)8(10)3;/h5H,1-3H3;/q-2;. The average molecular weight is 223 g/mol. The molecule has 1 aromatic rings. The van der Waals surface area contributed by atoms with E-state index in [1.807, 2.05) is 19.9 Å². The molecule has 1 rings (SSSR count). The van der Waals surface area contributed by atoms with E-state index >= 15 is 0 Å². The summed E-state index contributed by atoms with van der Waals surface area (Å²) in [7, 11) is 0. The molecule has 0 bridgehead atoms. The topological polar surface area (TPSA) is 17.3 Å². The van der Waals surface area contributed by atoms with Crippen LogP contribution in [0.25, 0.3) is 0 Å². The van der Waals surface area contributed by atoms with Crippen LogP contribution < -0.4 is 0 Å². The third-order valence-corrected chi connectivity index (χ3v) is 1.49. The van der Waals surface area contributed by atoms with Gasteiger partial charge in [0.15, 0.2) is 0 Å². The van der Waals surface area contributed by atoms with Crippen molar-refractivity contribution in [3.63, 3.8) is 0 Å². The second-order valence-electron chi connectivity index (χ2n) is 2.18. The van der Waals surface area contributed by atoms with Crippen LogP contribution in [0.15, 0.2) is 11.2 Å². The van der Waals surface area contributed by atoms with E-state index in [-0.39, 0.29) is 32.7 Å². The second-order valence-corrected chi connectivity index (χ2v) is 2.18. The summed E-state index contributed by atoms with van der Waals surface area (Å²) < 4.78 is 1.69. The molecule has 11 heavy (non-hydrogen) atoms. The van der Waals surface area contributed by atoms with Gasteiger partial charge in [-0.1, -0.05) is 20.0 Å². The fourth-order valence-electron chi connectivity index (χ4n) is 0.730. The van der Waals surface area contributed by atoms with Gasteiger partial charge in [-0.05, 0) is 0 Å². The van der Waals surface area contributed by atoms with Crippen LogP contribution in [0.2, 0.25) is 0 Å². The molecule has 3 heteroatoms. The van der Waals surface area contributed by atoms with E-state index in [1.165, 1.54) is 5.56 Å². The van der Waals surface area contributed by atoms with E-state index in [9.17, 15) is 0 Å². The number of aryl methyl sites for hydroxylation is 1. The van der Waals surface area contributed by atoms with E-state index in [4.69, 9.17) is 0 Å². The van der Waals surface area contributed by atoms with Crippen LogP contribution >= 0.6 is 0 Å². The van der Waals surface area contributed by atoms with E-state index in [2.05, 4.69) is 17.5 Å². The molecule has 1 aromatic heterocycles. The molecule has 0 spiro atoms. The molecular weight excluding hydrogens is 213 g/mol. The zero-order chi connectivity index (χ0) is 7.56. The van der Waals surface area contributed by atoms with Crippen molar-refractivity contribution in [1.29, 1.82) is 0 Å². The van der Waals surface area contributed by atoms with Gasteiger partial charge in [-0.15, -0.1) is 5.69 Å². The van der Waals surface area contributed by atoms with E-state index in [0.29, 0.717) is 0 Å². The Morgan fingerprint density at radius 1 is 1.55 bits per heavy atom. The number of nitrogens with zero attached hydrogens (tertiary/aromatic N) is 2. The molecule has 0 aliphatic rings. The van der Waals surface area contributed by atoms with Gasteiger partial charge in [0.05, 0.1) is 0 Å². The predicted molar refractivity (Wildman–Crippen MR) is 41.2 cm³/mol. The third kappa shape index (κ3) is 2.53. The molecule has 0 atom stereocenters. The summed E-state index contributed by atoms with van der Waals surface area (Å²) in [6.45, 7) is 5.81. The summed E-state index contributed by atoms with van der Waals surface area (Å²) in [5.74, 6) is 0. The first-order chi connectivity index (χ1) is 4.75. The molecule has 0 N–H and O–H groups in total. The van der Waals surface area contributed by atoms with Gasteiger partial charge in [0.2, 0.25) is 0 Å². The van der Waals surface area contributed by atoms with Crippen molar-refractivity contribution < 1.29 is 32.7 Å². The van der Waals surface area contributed by atoms with Crippen LogP contribution in [0, 0.1) is 20.0 Å². The largest absolute Gasteiger partial charge is 0.418 e. The van der Waals surface area contributed by atoms with Gasteiger partial charge in [0.1, 0.15) is 0 Å². The fourth-order valence-corrected chi connectivity index (χ4v) is 0.730. The number of hydrogen-bond donors (Lipinski definition) is 0. The van der Waals surface area contributed by atoms with Crippen molar-refractivity contribution in [3.8, 4) is 0 Å². The summed E-state index contributed by atoms with van der Waals surface area (Å²) in [5.41, 5.74) is 2.33. The maximum Gasteiger partial charge on any atom is 0 e. The first-order valence-electron chi connectivity index (χ1n) is 3.20. The molecule has 57 valence electrons. The Balaban J connectivity index is 0.000001000. The van der Waals surface area contributed by atoms with Gasteiger partial charge >= 0.3 is 0 Å². The molecular formula is C8H10N2Y-2. The van der Waals surface area contributed by atoms with Gasteiger partial charge in [-0.3, -0.25) is 0 Å². The molecule has 0 unspecified atom stereocenters. The van der Waals surface area contributed by atoms with Crippen molar-refractivity contribution in [1.82, 2.24) is 4.68 Å². The van der Waals surface area contributed by atoms with Crippen molar-refractivity contribution in [2.24, 2.45) is 5.10 Å². The zero-order valence-corrected chi connectivity index (χ0v) is 9.89. The number of aromatic nitrogens is 1. The summed E-state index contributed by atoms with van der Waals surface area (Å²) in [6, 6.07) is 1.91. The maximum atomic E-state index is 3.94. The fraction of sp³-hybridized carbons (Fsp3) is 0.375. The average Bonchev–Trinajstić information content (AvgIpc) is 2.20. The quantitative estimate of drug-likeness (QED) is 0.508. The van der Waals surface area contributed by atoms with E-state index in [0.717, 1.165) is 5.69 Å². The smallest absolute Gasteiger partial charge is 0 e. The SMILES string of the molecule is C[C-]=Nn1[c-]cc(C)c1C.[Y]. The summed E-state index contributed by atoms with van der Waals surface area (Å²) in [6.07, 6.45) is 5.66. The Labute approximate surface area is 92.6 Å². The molecule has 0 aliphatic carbocycles. The van der Waals surface area contributed by atoms with Crippen molar-refractivity contribution in [2.75, 3.05) is 0 Å². The molecule has 1 radical (unpaired) electrons. The Morgan fingerprint density at radius 2 is 2.18 bits per heavy atom. The summed E-state index contributed by atoms with van der Waals surface area (Å²) in [4.78, 5) is 0. The van der Waals surface area contributed by atoms with Crippen molar-refractivity contribution >= 4 is 6.21 Å². The first-order valence-corrected chi connectivity index (χ1v) is 3.20. The monoisotopic (exact) mass is 223 g/mol. The van der Waals surface area contributed by atoms with Crippen LogP contribution in [0.1, 0.15) is 18.2 Å². The molecule has 0 saturated heterocycles. The molecule has 0 amide bonds. The Kier molecular flexibility index (Phi) is 4.86. The van der Waals surface area contributed by atoms with Crippen LogP contribution in [0.5, 0.6) is 0 Å². The third-order valence-electron chi connectivity index (χ3n) is 1.49. The minimum absolute atomic E-state index is 0. The van der Waals surface area contributed by atoms with Gasteiger partial charge < -0.3 is 16.0 Å². The molecule has 2 nitrogen and oxygen atoms in total. The minimum Gasteiger partial charge on any atom is -0.418 e. The van der Waals surface area contributed by atoms with Crippen LogP contribution in [0.4, 0.5) is 0 Å². The second kappa shape index (κ2) is 4.84. The number of rotatable bonds is 1. The van der Waals surface area contributed by atoms with Crippen molar-refractivity contribution in [3.05, 3.63) is 23.5 Å². The Bertz CT molecular complexity index is 251. The Morgan fingerprint density at radius 3 is 2.55 bits per heavy atom. The maximum absolute atomic E-state index is 3.94. The predicted octanol–water partition coefficient (Wildman–Crippen LogP) is 1.63. The molecule has 0 aliphatic heterocycles. The van der Waals surface area contributed by atoms with E-state index in [1.54, 1.807) is 11.6 Å². The Hall–Kier alpha value is 0.0539. The first kappa shape index (κ1) is 11.1. The van der Waals surface area contributed by atoms with Gasteiger partial charge in [0, 0.05) is 32.7 Å². The van der Waals surface area contributed by atoms with Crippen molar-refractivity contribution in [2.45, 2.75) is 20.8 Å². The minimum atomic E-state index is 0. The molecule has 0 aromatic carbocycles. The number of hydrogen-bond acceptors (Lipinski definition) is 1. The van der Waals surface area contributed by atoms with Crippen LogP contribution in [-0.4, -0.2) is 10.9 Å². The normalized spacial score (nSPS) is 10.1. The molecule has 1 heterocycles. The van der Waals surface area contributed by atoms with Gasteiger partial charge in [0.25, 0.3) is 0 Å². The van der Waals surface area contributed by atoms with Crippen LogP contribution in [0.3, 0.4) is 0 Å². The van der Waals surface area contributed by atoms with Gasteiger partial charge in [-0.2, -0.15) is 18.6 Å².